The van der Waals surface area contributed by atoms with E-state index in [9.17, 15) is 16.8 Å². The quantitative estimate of drug-likeness (QED) is 0.410. The molecule has 3 aromatic rings. The van der Waals surface area contributed by atoms with Gasteiger partial charge in [0.2, 0.25) is 16.0 Å². The zero-order valence-corrected chi connectivity index (χ0v) is 23.6. The van der Waals surface area contributed by atoms with Gasteiger partial charge < -0.3 is 9.47 Å². The highest BCUT2D eigenvalue weighted by atomic mass is 32.2. The van der Waals surface area contributed by atoms with Crippen LogP contribution in [0.2, 0.25) is 0 Å². The van der Waals surface area contributed by atoms with Crippen molar-refractivity contribution in [1.29, 1.82) is 0 Å². The summed E-state index contributed by atoms with van der Waals surface area (Å²) >= 11 is 0. The van der Waals surface area contributed by atoms with Crippen molar-refractivity contribution >= 4 is 25.8 Å². The Hall–Kier alpha value is -3.26. The van der Waals surface area contributed by atoms with Crippen LogP contribution in [0.15, 0.2) is 30.6 Å². The van der Waals surface area contributed by atoms with E-state index in [4.69, 9.17) is 9.47 Å². The van der Waals surface area contributed by atoms with Gasteiger partial charge in [0.05, 0.1) is 31.0 Å². The average Bonchev–Trinajstić information content (AvgIpc) is 3.29. The molecule has 2 aromatic heterocycles. The molecule has 3 atom stereocenters. The zero-order valence-electron chi connectivity index (χ0n) is 21.9. The van der Waals surface area contributed by atoms with Gasteiger partial charge in [-0.2, -0.15) is 0 Å². The molecule has 206 valence electrons. The highest BCUT2D eigenvalue weighted by molar-refractivity contribution is 7.93. The van der Waals surface area contributed by atoms with Gasteiger partial charge in [0.15, 0.2) is 9.84 Å². The van der Waals surface area contributed by atoms with Crippen molar-refractivity contribution in [2.24, 2.45) is 0 Å². The second kappa shape index (κ2) is 10.8. The zero-order chi connectivity index (χ0) is 27.7. The predicted molar refractivity (Wildman–Crippen MR) is 142 cm³/mol. The van der Waals surface area contributed by atoms with Crippen LogP contribution < -0.4 is 14.2 Å². The van der Waals surface area contributed by atoms with Gasteiger partial charge in [-0.1, -0.05) is 13.0 Å². The number of para-hydroxylation sites is 1. The highest BCUT2D eigenvalue weighted by Gasteiger charge is 2.35. The molecule has 14 heteroatoms. The number of benzene rings is 1. The third kappa shape index (κ3) is 5.60. The Bertz CT molecular complexity index is 1480. The molecule has 1 aliphatic rings. The Morgan fingerprint density at radius 2 is 1.71 bits per heavy atom. The van der Waals surface area contributed by atoms with Gasteiger partial charge in [-0.25, -0.2) is 26.8 Å². The molecule has 0 aliphatic carbocycles. The van der Waals surface area contributed by atoms with E-state index in [1.54, 1.807) is 44.4 Å². The van der Waals surface area contributed by atoms with Crippen LogP contribution in [-0.2, 0) is 19.9 Å². The fraction of sp³-hybridized carbons (Fsp3) is 0.500. The minimum Gasteiger partial charge on any atom is -0.494 e. The topological polar surface area (TPSA) is 155 Å². The van der Waals surface area contributed by atoms with Crippen molar-refractivity contribution in [3.8, 4) is 17.2 Å². The lowest BCUT2D eigenvalue weighted by Crippen LogP contribution is -2.32. The predicted octanol–water partition coefficient (Wildman–Crippen LogP) is 2.61. The molecule has 3 heterocycles. The Morgan fingerprint density at radius 1 is 1.08 bits per heavy atom. The van der Waals surface area contributed by atoms with E-state index in [2.05, 4.69) is 24.9 Å². The van der Waals surface area contributed by atoms with E-state index >= 15 is 0 Å². The van der Waals surface area contributed by atoms with Gasteiger partial charge in [-0.15, -0.1) is 10.2 Å². The van der Waals surface area contributed by atoms with Gasteiger partial charge in [0.25, 0.3) is 0 Å². The first-order valence-corrected chi connectivity index (χ1v) is 15.5. The number of aromatic nitrogens is 5. The molecule has 12 nitrogen and oxygen atoms in total. The van der Waals surface area contributed by atoms with Crippen molar-refractivity contribution in [3.05, 3.63) is 47.8 Å². The van der Waals surface area contributed by atoms with Crippen molar-refractivity contribution in [2.45, 2.75) is 50.7 Å². The van der Waals surface area contributed by atoms with Crippen LogP contribution in [0.4, 0.5) is 5.95 Å². The highest BCUT2D eigenvalue weighted by Crippen LogP contribution is 2.39. The first kappa shape index (κ1) is 27.8. The third-order valence-electron chi connectivity index (χ3n) is 6.78. The number of methoxy groups -OCH3 is 2. The number of aryl methyl sites for hydroxylation is 1. The molecule has 0 saturated carbocycles. The number of sulfonamides is 1. The van der Waals surface area contributed by atoms with E-state index < -0.39 is 36.9 Å². The van der Waals surface area contributed by atoms with Crippen molar-refractivity contribution in [3.63, 3.8) is 0 Å². The van der Waals surface area contributed by atoms with Crippen molar-refractivity contribution in [2.75, 3.05) is 30.4 Å². The summed E-state index contributed by atoms with van der Waals surface area (Å²) in [6.45, 7) is 5.15. The Labute approximate surface area is 222 Å². The lowest BCUT2D eigenvalue weighted by molar-refractivity contribution is 0.390. The summed E-state index contributed by atoms with van der Waals surface area (Å²) in [5.74, 6) is 0.303. The van der Waals surface area contributed by atoms with E-state index in [0.717, 1.165) is 5.56 Å². The van der Waals surface area contributed by atoms with Gasteiger partial charge in [0.1, 0.15) is 28.8 Å². The number of hydrogen-bond acceptors (Lipinski definition) is 10. The monoisotopic (exact) mass is 564 g/mol. The van der Waals surface area contributed by atoms with Crippen LogP contribution in [0.25, 0.3) is 5.69 Å². The smallest absolute Gasteiger partial charge is 0.243 e. The maximum absolute atomic E-state index is 13.6. The molecular formula is C24H32N6O6S2. The number of hydrogen-bond donors (Lipinski definition) is 1. The number of anilines is 1. The van der Waals surface area contributed by atoms with Crippen molar-refractivity contribution < 1.29 is 26.3 Å². The molecule has 0 bridgehead atoms. The standard InChI is InChI=1S/C24H32N6O6S2/c1-15-12-25-22(26-13-15)16(2)17(3)38(33,34)29-24-28-27-23(18-8-7-11-37(31,32)14-18)30(24)21-19(35-4)9-6-10-20(21)36-5/h6,9-10,12-13,16-18H,7-8,11,14H2,1-5H3,(H,28,29)/t16?,17?,18-/m0/s1. The Kier molecular flexibility index (Phi) is 7.93. The summed E-state index contributed by atoms with van der Waals surface area (Å²) in [7, 11) is -4.38. The summed E-state index contributed by atoms with van der Waals surface area (Å²) < 4.78 is 67.2. The SMILES string of the molecule is COc1cccc(OC)c1-n1c(NS(=O)(=O)C(C)C(C)c2ncc(C)cn2)nnc1[C@H]1CCCS(=O)(=O)C1. The third-order valence-corrected chi connectivity index (χ3v) is 10.5. The van der Waals surface area contributed by atoms with Gasteiger partial charge >= 0.3 is 0 Å². The molecule has 1 aliphatic heterocycles. The lowest BCUT2D eigenvalue weighted by Gasteiger charge is -2.24. The number of sulfone groups is 1. The summed E-state index contributed by atoms with van der Waals surface area (Å²) in [5.41, 5.74) is 1.23. The van der Waals surface area contributed by atoms with E-state index in [-0.39, 0.29) is 17.5 Å². The maximum atomic E-state index is 13.6. The minimum atomic E-state index is -4.03. The average molecular weight is 565 g/mol. The largest absolute Gasteiger partial charge is 0.494 e. The van der Waals surface area contributed by atoms with Crippen LogP contribution in [0.1, 0.15) is 55.7 Å². The summed E-state index contributed by atoms with van der Waals surface area (Å²) in [5, 5.41) is 7.50. The number of nitrogens with one attached hydrogen (secondary N) is 1. The first-order valence-electron chi connectivity index (χ1n) is 12.1. The molecule has 1 fully saturated rings. The van der Waals surface area contributed by atoms with Crippen LogP contribution in [0.5, 0.6) is 11.5 Å². The molecule has 1 N–H and O–H groups in total. The molecule has 38 heavy (non-hydrogen) atoms. The van der Waals surface area contributed by atoms with Crippen LogP contribution in [0.3, 0.4) is 0 Å². The molecule has 0 radical (unpaired) electrons. The second-order valence-corrected chi connectivity index (χ2v) is 13.7. The number of nitrogens with zero attached hydrogens (tertiary/aromatic N) is 5. The molecule has 0 amide bonds. The van der Waals surface area contributed by atoms with E-state index in [1.807, 2.05) is 6.92 Å². The Morgan fingerprint density at radius 3 is 2.29 bits per heavy atom. The summed E-state index contributed by atoms with van der Waals surface area (Å²) in [4.78, 5) is 8.57. The molecular weight excluding hydrogens is 532 g/mol. The van der Waals surface area contributed by atoms with E-state index in [1.165, 1.54) is 18.8 Å². The fourth-order valence-electron chi connectivity index (χ4n) is 4.46. The molecule has 2 unspecified atom stereocenters. The minimum absolute atomic E-state index is 0.102. The summed E-state index contributed by atoms with van der Waals surface area (Å²) in [6.07, 6.45) is 4.30. The Balaban J connectivity index is 1.80. The van der Waals surface area contributed by atoms with Crippen molar-refractivity contribution in [1.82, 2.24) is 24.7 Å². The molecule has 1 aromatic carbocycles. The molecule has 4 rings (SSSR count). The fourth-order valence-corrected chi connectivity index (χ4v) is 7.40. The molecule has 1 saturated heterocycles. The van der Waals surface area contributed by atoms with Gasteiger partial charge in [0, 0.05) is 24.2 Å². The normalized spacial score (nSPS) is 18.9. The van der Waals surface area contributed by atoms with Gasteiger partial charge in [-0.05, 0) is 44.4 Å². The van der Waals surface area contributed by atoms with Crippen LogP contribution in [0, 0.1) is 6.92 Å². The second-order valence-electron chi connectivity index (χ2n) is 9.44. The number of rotatable bonds is 9. The van der Waals surface area contributed by atoms with E-state index in [0.29, 0.717) is 41.7 Å². The van der Waals surface area contributed by atoms with Crippen LogP contribution in [-0.4, -0.2) is 72.5 Å². The molecule has 0 spiro atoms. The lowest BCUT2D eigenvalue weighted by atomic mass is 10.0. The van der Waals surface area contributed by atoms with Gasteiger partial charge in [-0.3, -0.25) is 9.29 Å². The first-order chi connectivity index (χ1) is 18.0. The number of ether oxygens (including phenoxy) is 2. The maximum Gasteiger partial charge on any atom is 0.243 e. The summed E-state index contributed by atoms with van der Waals surface area (Å²) in [6, 6.07) is 5.11. The van der Waals surface area contributed by atoms with Crippen LogP contribution >= 0.6 is 0 Å².